The molecule has 1 rings (SSSR count). The van der Waals surface area contributed by atoms with Crippen molar-refractivity contribution in [3.63, 3.8) is 0 Å². The van der Waals surface area contributed by atoms with Crippen molar-refractivity contribution in [2.45, 2.75) is 26.4 Å². The van der Waals surface area contributed by atoms with Crippen LogP contribution < -0.4 is 5.73 Å². The van der Waals surface area contributed by atoms with Gasteiger partial charge in [0.2, 0.25) is 5.91 Å². The second kappa shape index (κ2) is 7.40. The second-order valence-electron chi connectivity index (χ2n) is 4.71. The van der Waals surface area contributed by atoms with E-state index in [1.54, 1.807) is 7.05 Å². The van der Waals surface area contributed by atoms with Crippen LogP contribution in [0.15, 0.2) is 18.2 Å². The molecule has 0 aromatic heterocycles. The zero-order chi connectivity index (χ0) is 13.9. The number of likely N-dealkylation sites (N-methyl/N-ethyl adjacent to an activating group) is 1. The molecule has 0 saturated heterocycles. The number of nitrogens with two attached hydrogens (primary N) is 1. The molecule has 0 heterocycles. The van der Waals surface area contributed by atoms with Gasteiger partial charge in [0.1, 0.15) is 0 Å². The van der Waals surface area contributed by atoms with Gasteiger partial charge >= 0.3 is 0 Å². The van der Waals surface area contributed by atoms with E-state index in [4.69, 9.17) is 5.73 Å². The van der Waals surface area contributed by atoms with E-state index in [2.05, 4.69) is 0 Å². The van der Waals surface area contributed by atoms with Crippen molar-refractivity contribution in [3.05, 3.63) is 35.4 Å². The molecule has 0 saturated carbocycles. The maximum atomic E-state index is 13.0. The van der Waals surface area contributed by atoms with Crippen LogP contribution in [0, 0.1) is 17.6 Å². The van der Waals surface area contributed by atoms with Crippen LogP contribution in [0.5, 0.6) is 0 Å². The summed E-state index contributed by atoms with van der Waals surface area (Å²) in [4.78, 5) is 13.3. The Labute approximate surface area is 118 Å². The van der Waals surface area contributed by atoms with E-state index in [9.17, 15) is 13.6 Å². The van der Waals surface area contributed by atoms with Crippen molar-refractivity contribution in [1.82, 2.24) is 4.90 Å². The Morgan fingerprint density at radius 2 is 1.89 bits per heavy atom. The molecular formula is C13H19ClF2N2O. The molecule has 0 radical (unpaired) electrons. The summed E-state index contributed by atoms with van der Waals surface area (Å²) in [6, 6.07) is 2.99. The molecule has 0 spiro atoms. The normalized spacial score (nSPS) is 11.9. The van der Waals surface area contributed by atoms with Crippen LogP contribution in [0.2, 0.25) is 0 Å². The van der Waals surface area contributed by atoms with E-state index in [-0.39, 0.29) is 30.8 Å². The number of halogens is 3. The summed E-state index contributed by atoms with van der Waals surface area (Å²) >= 11 is 0. The van der Waals surface area contributed by atoms with E-state index in [0.717, 1.165) is 12.1 Å². The van der Waals surface area contributed by atoms with Crippen LogP contribution >= 0.6 is 12.4 Å². The quantitative estimate of drug-likeness (QED) is 0.926. The predicted octanol–water partition coefficient (Wildman–Crippen LogP) is 2.33. The van der Waals surface area contributed by atoms with Crippen LogP contribution in [0.1, 0.15) is 19.4 Å². The van der Waals surface area contributed by atoms with Crippen molar-refractivity contribution in [1.29, 1.82) is 0 Å². The predicted molar refractivity (Wildman–Crippen MR) is 72.9 cm³/mol. The molecular weight excluding hydrogens is 274 g/mol. The number of amides is 1. The van der Waals surface area contributed by atoms with Gasteiger partial charge in [-0.15, -0.1) is 12.4 Å². The molecule has 1 atom stereocenters. The van der Waals surface area contributed by atoms with Gasteiger partial charge in [-0.2, -0.15) is 0 Å². The van der Waals surface area contributed by atoms with Gasteiger partial charge in [-0.05, 0) is 23.6 Å². The zero-order valence-electron chi connectivity index (χ0n) is 11.2. The maximum absolute atomic E-state index is 13.0. The van der Waals surface area contributed by atoms with Gasteiger partial charge in [0.25, 0.3) is 0 Å². The lowest BCUT2D eigenvalue weighted by molar-refractivity contribution is -0.132. The van der Waals surface area contributed by atoms with Crippen molar-refractivity contribution in [2.24, 2.45) is 11.7 Å². The van der Waals surface area contributed by atoms with Crippen LogP contribution in [0.3, 0.4) is 0 Å². The highest BCUT2D eigenvalue weighted by Gasteiger charge is 2.21. The van der Waals surface area contributed by atoms with Gasteiger partial charge in [-0.3, -0.25) is 4.79 Å². The first-order valence-corrected chi connectivity index (χ1v) is 5.77. The molecule has 6 heteroatoms. The first kappa shape index (κ1) is 17.8. The Morgan fingerprint density at radius 3 is 2.37 bits per heavy atom. The van der Waals surface area contributed by atoms with E-state index in [1.807, 2.05) is 13.8 Å². The Kier molecular flexibility index (Phi) is 6.94. The summed E-state index contributed by atoms with van der Waals surface area (Å²) in [6.07, 6.45) is 0. The summed E-state index contributed by atoms with van der Waals surface area (Å²) in [5.41, 5.74) is 6.27. The maximum Gasteiger partial charge on any atom is 0.239 e. The van der Waals surface area contributed by atoms with Crippen molar-refractivity contribution in [2.75, 3.05) is 7.05 Å². The highest BCUT2D eigenvalue weighted by molar-refractivity contribution is 5.85. The molecule has 2 N–H and O–H groups in total. The lowest BCUT2D eigenvalue weighted by Gasteiger charge is -2.23. The Hall–Kier alpha value is -1.20. The number of hydrogen-bond donors (Lipinski definition) is 1. The Balaban J connectivity index is 0.00000324. The lowest BCUT2D eigenvalue weighted by atomic mass is 10.0. The highest BCUT2D eigenvalue weighted by atomic mass is 35.5. The largest absolute Gasteiger partial charge is 0.340 e. The molecule has 0 fully saturated rings. The monoisotopic (exact) mass is 292 g/mol. The number of benzene rings is 1. The summed E-state index contributed by atoms with van der Waals surface area (Å²) < 4.78 is 25.8. The fourth-order valence-electron chi connectivity index (χ4n) is 1.53. The van der Waals surface area contributed by atoms with Gasteiger partial charge in [0, 0.05) is 13.6 Å². The second-order valence-corrected chi connectivity index (χ2v) is 4.71. The Morgan fingerprint density at radius 1 is 1.32 bits per heavy atom. The standard InChI is InChI=1S/C13H18F2N2O.ClH/c1-8(2)12(16)13(18)17(3)7-9-4-5-10(14)11(15)6-9;/h4-6,8,12H,7,16H2,1-3H3;1H. The highest BCUT2D eigenvalue weighted by Crippen LogP contribution is 2.11. The summed E-state index contributed by atoms with van der Waals surface area (Å²) in [7, 11) is 1.59. The van der Waals surface area contributed by atoms with Gasteiger partial charge < -0.3 is 10.6 Å². The van der Waals surface area contributed by atoms with Gasteiger partial charge in [0.15, 0.2) is 11.6 Å². The topological polar surface area (TPSA) is 46.3 Å². The van der Waals surface area contributed by atoms with E-state index in [0.29, 0.717) is 5.56 Å². The number of carbonyl (C=O) groups excluding carboxylic acids is 1. The molecule has 0 aliphatic carbocycles. The minimum absolute atomic E-state index is 0. The van der Waals surface area contributed by atoms with E-state index < -0.39 is 17.7 Å². The third-order valence-electron chi connectivity index (χ3n) is 2.78. The Bertz CT molecular complexity index is 441. The molecule has 1 amide bonds. The van der Waals surface area contributed by atoms with Crippen LogP contribution in [-0.2, 0) is 11.3 Å². The third-order valence-corrected chi connectivity index (χ3v) is 2.78. The van der Waals surface area contributed by atoms with Crippen LogP contribution in [-0.4, -0.2) is 23.9 Å². The molecule has 3 nitrogen and oxygen atoms in total. The number of hydrogen-bond acceptors (Lipinski definition) is 2. The van der Waals surface area contributed by atoms with Crippen LogP contribution in [0.4, 0.5) is 8.78 Å². The average Bonchev–Trinajstić information content (AvgIpc) is 2.31. The molecule has 0 aliphatic rings. The first-order valence-electron chi connectivity index (χ1n) is 5.77. The number of rotatable bonds is 4. The minimum atomic E-state index is -0.915. The minimum Gasteiger partial charge on any atom is -0.340 e. The van der Waals surface area contributed by atoms with Gasteiger partial charge in [-0.1, -0.05) is 19.9 Å². The fourth-order valence-corrected chi connectivity index (χ4v) is 1.53. The lowest BCUT2D eigenvalue weighted by Crippen LogP contribution is -2.44. The third kappa shape index (κ3) is 4.76. The van der Waals surface area contributed by atoms with Crippen molar-refractivity contribution < 1.29 is 13.6 Å². The van der Waals surface area contributed by atoms with Crippen molar-refractivity contribution >= 4 is 18.3 Å². The number of nitrogens with zero attached hydrogens (tertiary/aromatic N) is 1. The summed E-state index contributed by atoms with van der Waals surface area (Å²) in [5.74, 6) is -1.99. The van der Waals surface area contributed by atoms with E-state index in [1.165, 1.54) is 11.0 Å². The fraction of sp³-hybridized carbons (Fsp3) is 0.462. The molecule has 0 aliphatic heterocycles. The molecule has 1 aromatic rings. The average molecular weight is 293 g/mol. The van der Waals surface area contributed by atoms with Crippen molar-refractivity contribution in [3.8, 4) is 0 Å². The molecule has 1 unspecified atom stereocenters. The summed E-state index contributed by atoms with van der Waals surface area (Å²) in [6.45, 7) is 3.92. The number of carbonyl (C=O) groups is 1. The molecule has 0 bridgehead atoms. The van der Waals surface area contributed by atoms with Gasteiger partial charge in [-0.25, -0.2) is 8.78 Å². The SMILES string of the molecule is CC(C)C(N)C(=O)N(C)Cc1ccc(F)c(F)c1.Cl. The van der Waals surface area contributed by atoms with Gasteiger partial charge in [0.05, 0.1) is 6.04 Å². The molecule has 108 valence electrons. The summed E-state index contributed by atoms with van der Waals surface area (Å²) in [5, 5.41) is 0. The molecule has 1 aromatic carbocycles. The smallest absolute Gasteiger partial charge is 0.239 e. The molecule has 19 heavy (non-hydrogen) atoms. The van der Waals surface area contributed by atoms with E-state index >= 15 is 0 Å². The zero-order valence-corrected chi connectivity index (χ0v) is 12.0. The first-order chi connectivity index (χ1) is 8.32. The van der Waals surface area contributed by atoms with Crippen LogP contribution in [0.25, 0.3) is 0 Å².